The summed E-state index contributed by atoms with van der Waals surface area (Å²) in [7, 11) is 0. The topological polar surface area (TPSA) is 62.8 Å². The van der Waals surface area contributed by atoms with Crippen LogP contribution in [0.15, 0.2) is 46.9 Å². The van der Waals surface area contributed by atoms with Gasteiger partial charge in [-0.05, 0) is 35.9 Å². The zero-order valence-corrected chi connectivity index (χ0v) is 17.8. The quantitative estimate of drug-likeness (QED) is 0.641. The molecule has 1 fully saturated rings. The van der Waals surface area contributed by atoms with Crippen LogP contribution in [0.25, 0.3) is 0 Å². The van der Waals surface area contributed by atoms with E-state index < -0.39 is 0 Å². The van der Waals surface area contributed by atoms with Gasteiger partial charge in [0.1, 0.15) is 12.4 Å². The van der Waals surface area contributed by atoms with Crippen LogP contribution in [-0.2, 0) is 11.3 Å². The molecule has 2 N–H and O–H groups in total. The van der Waals surface area contributed by atoms with Crippen molar-refractivity contribution in [3.05, 3.63) is 57.5 Å². The van der Waals surface area contributed by atoms with Crippen molar-refractivity contribution >= 4 is 39.2 Å². The van der Waals surface area contributed by atoms with Crippen molar-refractivity contribution in [3.8, 4) is 5.75 Å². The lowest BCUT2D eigenvalue weighted by molar-refractivity contribution is 0.0322. The molecule has 1 saturated heterocycles. The van der Waals surface area contributed by atoms with Gasteiger partial charge < -0.3 is 20.1 Å². The molecule has 0 aliphatic carbocycles. The SMILES string of the molecule is O=C(NCc1cccc(OCCN2CCOCC2)c1)Nc1ccc(Br)cc1Cl. The van der Waals surface area contributed by atoms with Gasteiger partial charge in [0.15, 0.2) is 0 Å². The molecule has 2 aromatic rings. The zero-order valence-electron chi connectivity index (χ0n) is 15.4. The van der Waals surface area contributed by atoms with Crippen LogP contribution in [0.4, 0.5) is 10.5 Å². The molecule has 0 aromatic heterocycles. The van der Waals surface area contributed by atoms with E-state index in [0.717, 1.165) is 48.6 Å². The Balaban J connectivity index is 1.44. The lowest BCUT2D eigenvalue weighted by atomic mass is 10.2. The highest BCUT2D eigenvalue weighted by Crippen LogP contribution is 2.25. The van der Waals surface area contributed by atoms with Crippen LogP contribution in [0.2, 0.25) is 5.02 Å². The minimum absolute atomic E-state index is 0.317. The average Bonchev–Trinajstić information content (AvgIpc) is 2.70. The maximum Gasteiger partial charge on any atom is 0.319 e. The molecule has 2 amide bonds. The van der Waals surface area contributed by atoms with Crippen molar-refractivity contribution in [1.82, 2.24) is 10.2 Å². The summed E-state index contributed by atoms with van der Waals surface area (Å²) in [5.41, 5.74) is 1.52. The van der Waals surface area contributed by atoms with E-state index in [-0.39, 0.29) is 6.03 Å². The van der Waals surface area contributed by atoms with Crippen LogP contribution >= 0.6 is 27.5 Å². The number of benzene rings is 2. The van der Waals surface area contributed by atoms with Crippen molar-refractivity contribution in [2.45, 2.75) is 6.54 Å². The lowest BCUT2D eigenvalue weighted by Crippen LogP contribution is -2.38. The molecular formula is C20H23BrClN3O3. The fourth-order valence-electron chi connectivity index (χ4n) is 2.80. The molecule has 0 unspecified atom stereocenters. The van der Waals surface area contributed by atoms with E-state index in [4.69, 9.17) is 21.1 Å². The maximum absolute atomic E-state index is 12.1. The molecule has 6 nitrogen and oxygen atoms in total. The van der Waals surface area contributed by atoms with E-state index in [0.29, 0.717) is 23.9 Å². The van der Waals surface area contributed by atoms with Gasteiger partial charge in [0.2, 0.25) is 0 Å². The van der Waals surface area contributed by atoms with Gasteiger partial charge in [0.25, 0.3) is 0 Å². The monoisotopic (exact) mass is 467 g/mol. The average molecular weight is 469 g/mol. The highest BCUT2D eigenvalue weighted by atomic mass is 79.9. The highest BCUT2D eigenvalue weighted by molar-refractivity contribution is 9.10. The smallest absolute Gasteiger partial charge is 0.319 e. The summed E-state index contributed by atoms with van der Waals surface area (Å²) in [5.74, 6) is 0.795. The predicted molar refractivity (Wildman–Crippen MR) is 114 cm³/mol. The molecular weight excluding hydrogens is 446 g/mol. The fraction of sp³-hybridized carbons (Fsp3) is 0.350. The Labute approximate surface area is 178 Å². The van der Waals surface area contributed by atoms with Crippen molar-refractivity contribution in [2.75, 3.05) is 44.8 Å². The number of carbonyl (C=O) groups is 1. The van der Waals surface area contributed by atoms with Crippen LogP contribution in [0.1, 0.15) is 5.56 Å². The number of hydrogen-bond acceptors (Lipinski definition) is 4. The summed E-state index contributed by atoms with van der Waals surface area (Å²) >= 11 is 9.45. The van der Waals surface area contributed by atoms with Crippen molar-refractivity contribution in [3.63, 3.8) is 0 Å². The third-order valence-corrected chi connectivity index (χ3v) is 5.12. The number of ether oxygens (including phenoxy) is 2. The minimum Gasteiger partial charge on any atom is -0.492 e. The molecule has 2 aromatic carbocycles. The Morgan fingerprint density at radius 2 is 2.04 bits per heavy atom. The first-order valence-corrected chi connectivity index (χ1v) is 10.3. The van der Waals surface area contributed by atoms with Gasteiger partial charge in [-0.1, -0.05) is 39.7 Å². The van der Waals surface area contributed by atoms with E-state index in [1.54, 1.807) is 12.1 Å². The number of nitrogens with zero attached hydrogens (tertiary/aromatic N) is 1. The Bertz CT molecular complexity index is 800. The summed E-state index contributed by atoms with van der Waals surface area (Å²) in [5, 5.41) is 6.04. The third kappa shape index (κ3) is 6.67. The Morgan fingerprint density at radius 3 is 2.82 bits per heavy atom. The molecule has 0 radical (unpaired) electrons. The number of carbonyl (C=O) groups excluding carboxylic acids is 1. The number of halogens is 2. The molecule has 0 saturated carbocycles. The van der Waals surface area contributed by atoms with Gasteiger partial charge >= 0.3 is 6.03 Å². The molecule has 1 aliphatic heterocycles. The number of anilines is 1. The molecule has 3 rings (SSSR count). The van der Waals surface area contributed by atoms with Gasteiger partial charge in [-0.25, -0.2) is 4.79 Å². The van der Waals surface area contributed by atoms with Crippen LogP contribution in [0, 0.1) is 0 Å². The number of hydrogen-bond donors (Lipinski definition) is 2. The van der Waals surface area contributed by atoms with E-state index >= 15 is 0 Å². The molecule has 0 bridgehead atoms. The van der Waals surface area contributed by atoms with Gasteiger partial charge in [0.05, 0.1) is 23.9 Å². The molecule has 1 aliphatic rings. The lowest BCUT2D eigenvalue weighted by Gasteiger charge is -2.26. The number of amides is 2. The summed E-state index contributed by atoms with van der Waals surface area (Å²) in [6.07, 6.45) is 0. The summed E-state index contributed by atoms with van der Waals surface area (Å²) in [6, 6.07) is 12.7. The molecule has 28 heavy (non-hydrogen) atoms. The number of urea groups is 1. The second kappa shape index (κ2) is 10.7. The summed E-state index contributed by atoms with van der Waals surface area (Å²) in [4.78, 5) is 14.4. The summed E-state index contributed by atoms with van der Waals surface area (Å²) in [6.45, 7) is 5.36. The minimum atomic E-state index is -0.317. The van der Waals surface area contributed by atoms with Crippen molar-refractivity contribution in [1.29, 1.82) is 0 Å². The van der Waals surface area contributed by atoms with Gasteiger partial charge in [-0.2, -0.15) is 0 Å². The second-order valence-electron chi connectivity index (χ2n) is 6.38. The van der Waals surface area contributed by atoms with Crippen molar-refractivity contribution < 1.29 is 14.3 Å². The first-order valence-electron chi connectivity index (χ1n) is 9.12. The third-order valence-electron chi connectivity index (χ3n) is 4.31. The number of rotatable bonds is 7. The predicted octanol–water partition coefficient (Wildman–Crippen LogP) is 4.14. The van der Waals surface area contributed by atoms with Gasteiger partial charge in [-0.15, -0.1) is 0 Å². The standard InChI is InChI=1S/C20H23BrClN3O3/c21-16-4-5-19(18(22)13-16)24-20(26)23-14-15-2-1-3-17(12-15)28-11-8-25-6-9-27-10-7-25/h1-5,12-13H,6-11,14H2,(H2,23,24,26). The van der Waals surface area contributed by atoms with Crippen LogP contribution in [0.3, 0.4) is 0 Å². The Hall–Kier alpha value is -1.80. The number of nitrogens with one attached hydrogen (secondary N) is 2. The fourth-order valence-corrected chi connectivity index (χ4v) is 3.52. The van der Waals surface area contributed by atoms with Crippen molar-refractivity contribution in [2.24, 2.45) is 0 Å². The van der Waals surface area contributed by atoms with E-state index in [9.17, 15) is 4.79 Å². The van der Waals surface area contributed by atoms with E-state index in [2.05, 4.69) is 31.5 Å². The van der Waals surface area contributed by atoms with Gasteiger partial charge in [-0.3, -0.25) is 4.90 Å². The summed E-state index contributed by atoms with van der Waals surface area (Å²) < 4.78 is 12.0. The maximum atomic E-state index is 12.1. The number of morpholine rings is 1. The molecule has 8 heteroatoms. The molecule has 1 heterocycles. The normalized spacial score (nSPS) is 14.5. The van der Waals surface area contributed by atoms with Crippen LogP contribution < -0.4 is 15.4 Å². The van der Waals surface area contributed by atoms with Crippen LogP contribution in [-0.4, -0.2) is 50.4 Å². The molecule has 150 valence electrons. The molecule has 0 atom stereocenters. The van der Waals surface area contributed by atoms with Crippen LogP contribution in [0.5, 0.6) is 5.75 Å². The zero-order chi connectivity index (χ0) is 19.8. The first kappa shape index (κ1) is 20.9. The Kier molecular flexibility index (Phi) is 7.97. The second-order valence-corrected chi connectivity index (χ2v) is 7.70. The first-order chi connectivity index (χ1) is 13.6. The van der Waals surface area contributed by atoms with E-state index in [1.807, 2.05) is 30.3 Å². The van der Waals surface area contributed by atoms with Gasteiger partial charge in [0, 0.05) is 30.7 Å². The van der Waals surface area contributed by atoms with E-state index in [1.165, 1.54) is 0 Å². The molecule has 0 spiro atoms. The Morgan fingerprint density at radius 1 is 1.21 bits per heavy atom. The highest BCUT2D eigenvalue weighted by Gasteiger charge is 2.10. The largest absolute Gasteiger partial charge is 0.492 e.